The van der Waals surface area contributed by atoms with Crippen molar-refractivity contribution < 1.29 is 9.90 Å². The van der Waals surface area contributed by atoms with Gasteiger partial charge in [0.15, 0.2) is 5.16 Å². The van der Waals surface area contributed by atoms with Crippen molar-refractivity contribution in [2.24, 2.45) is 5.92 Å². The average Bonchev–Trinajstić information content (AvgIpc) is 2.52. The number of likely N-dealkylation sites (N-methyl/N-ethyl adjacent to an activating group) is 1. The minimum atomic E-state index is -0.240. The molecule has 0 radical (unpaired) electrons. The van der Waals surface area contributed by atoms with Gasteiger partial charge in [0, 0.05) is 36.6 Å². The minimum absolute atomic E-state index is 0.000207. The number of aliphatic hydroxyl groups excluding tert-OH is 1. The van der Waals surface area contributed by atoms with Gasteiger partial charge in [0.2, 0.25) is 5.91 Å². The SMILES string of the molecule is CCc1c(C)nc2n(c1=O)CC(C(=O)N(CC)CCO)CS2. The molecule has 7 heteroatoms. The molecule has 1 amide bonds. The van der Waals surface area contributed by atoms with Crippen LogP contribution in [0.15, 0.2) is 9.95 Å². The first-order valence-corrected chi connectivity index (χ1v) is 8.64. The number of hydrogen-bond acceptors (Lipinski definition) is 5. The second-order valence-electron chi connectivity index (χ2n) is 5.38. The fourth-order valence-corrected chi connectivity index (χ4v) is 3.87. The van der Waals surface area contributed by atoms with Crippen LogP contribution in [-0.2, 0) is 17.8 Å². The quantitative estimate of drug-likeness (QED) is 0.806. The van der Waals surface area contributed by atoms with E-state index in [9.17, 15) is 9.59 Å². The first kappa shape index (κ1) is 17.0. The Morgan fingerprint density at radius 1 is 1.50 bits per heavy atom. The van der Waals surface area contributed by atoms with Gasteiger partial charge >= 0.3 is 0 Å². The number of nitrogens with zero attached hydrogens (tertiary/aromatic N) is 3. The zero-order valence-corrected chi connectivity index (χ0v) is 14.2. The number of carbonyl (C=O) groups is 1. The van der Waals surface area contributed by atoms with Crippen LogP contribution in [-0.4, -0.2) is 50.9 Å². The third-order valence-corrected chi connectivity index (χ3v) is 5.16. The van der Waals surface area contributed by atoms with E-state index in [4.69, 9.17) is 5.11 Å². The van der Waals surface area contributed by atoms with E-state index >= 15 is 0 Å². The van der Waals surface area contributed by atoms with Crippen LogP contribution in [0.3, 0.4) is 0 Å². The highest BCUT2D eigenvalue weighted by Crippen LogP contribution is 2.27. The van der Waals surface area contributed by atoms with Gasteiger partial charge in [-0.2, -0.15) is 0 Å². The van der Waals surface area contributed by atoms with Crippen LogP contribution in [0.4, 0.5) is 0 Å². The van der Waals surface area contributed by atoms with Crippen LogP contribution in [0, 0.1) is 12.8 Å². The molecule has 0 aromatic carbocycles. The van der Waals surface area contributed by atoms with Gasteiger partial charge in [-0.05, 0) is 20.3 Å². The van der Waals surface area contributed by atoms with Crippen LogP contribution in [0.2, 0.25) is 0 Å². The smallest absolute Gasteiger partial charge is 0.257 e. The van der Waals surface area contributed by atoms with Crippen molar-refractivity contribution in [1.29, 1.82) is 0 Å². The molecule has 22 heavy (non-hydrogen) atoms. The number of fused-ring (bicyclic) bond motifs is 1. The Morgan fingerprint density at radius 3 is 2.82 bits per heavy atom. The summed E-state index contributed by atoms with van der Waals surface area (Å²) in [6.45, 7) is 6.93. The first-order chi connectivity index (χ1) is 10.5. The van der Waals surface area contributed by atoms with Crippen LogP contribution >= 0.6 is 11.8 Å². The molecule has 0 saturated heterocycles. The first-order valence-electron chi connectivity index (χ1n) is 7.66. The Kier molecular flexibility index (Phi) is 5.63. The predicted octanol–water partition coefficient (Wildman–Crippen LogP) is 0.677. The maximum absolute atomic E-state index is 12.5. The number of aliphatic hydroxyl groups is 1. The lowest BCUT2D eigenvalue weighted by atomic mass is 10.1. The third kappa shape index (κ3) is 3.20. The highest BCUT2D eigenvalue weighted by atomic mass is 32.2. The van der Waals surface area contributed by atoms with Crippen molar-refractivity contribution in [3.63, 3.8) is 0 Å². The molecule has 2 rings (SSSR count). The van der Waals surface area contributed by atoms with Gasteiger partial charge in [-0.1, -0.05) is 18.7 Å². The molecule has 122 valence electrons. The topological polar surface area (TPSA) is 75.4 Å². The monoisotopic (exact) mass is 325 g/mol. The molecule has 0 aliphatic carbocycles. The number of aryl methyl sites for hydroxylation is 1. The van der Waals surface area contributed by atoms with Crippen LogP contribution in [0.25, 0.3) is 0 Å². The molecule has 1 aliphatic heterocycles. The average molecular weight is 325 g/mol. The summed E-state index contributed by atoms with van der Waals surface area (Å²) in [5, 5.41) is 9.75. The van der Waals surface area contributed by atoms with Gasteiger partial charge < -0.3 is 10.0 Å². The molecule has 0 spiro atoms. The highest BCUT2D eigenvalue weighted by Gasteiger charge is 2.30. The van der Waals surface area contributed by atoms with Gasteiger partial charge in [-0.15, -0.1) is 0 Å². The maximum Gasteiger partial charge on any atom is 0.257 e. The van der Waals surface area contributed by atoms with Gasteiger partial charge in [0.05, 0.1) is 12.5 Å². The van der Waals surface area contributed by atoms with Gasteiger partial charge in [-0.3, -0.25) is 14.2 Å². The zero-order chi connectivity index (χ0) is 16.3. The third-order valence-electron chi connectivity index (χ3n) is 4.02. The molecule has 1 atom stereocenters. The Labute approximate surface area is 134 Å². The Morgan fingerprint density at radius 2 is 2.23 bits per heavy atom. The van der Waals surface area contributed by atoms with Crippen molar-refractivity contribution in [3.8, 4) is 0 Å². The van der Waals surface area contributed by atoms with E-state index in [0.717, 1.165) is 11.3 Å². The standard InChI is InChI=1S/C15H23N3O3S/c1-4-12-10(3)16-15-18(14(12)21)8-11(9-22-15)13(20)17(5-2)6-7-19/h11,19H,4-9H2,1-3H3. The Hall–Kier alpha value is -1.34. The summed E-state index contributed by atoms with van der Waals surface area (Å²) in [7, 11) is 0. The number of carbonyl (C=O) groups excluding carboxylic acids is 1. The van der Waals surface area contributed by atoms with Crippen molar-refractivity contribution in [1.82, 2.24) is 14.5 Å². The molecule has 0 fully saturated rings. The molecule has 0 saturated carbocycles. The van der Waals surface area contributed by atoms with Gasteiger partial charge in [0.25, 0.3) is 5.56 Å². The second-order valence-corrected chi connectivity index (χ2v) is 6.36. The van der Waals surface area contributed by atoms with Crippen molar-refractivity contribution in [2.75, 3.05) is 25.4 Å². The number of thioether (sulfide) groups is 1. The lowest BCUT2D eigenvalue weighted by molar-refractivity contribution is -0.135. The van der Waals surface area contributed by atoms with Crippen molar-refractivity contribution >= 4 is 17.7 Å². The molecule has 2 heterocycles. The van der Waals surface area contributed by atoms with Crippen LogP contribution in [0.1, 0.15) is 25.1 Å². The summed E-state index contributed by atoms with van der Waals surface area (Å²) < 4.78 is 1.63. The van der Waals surface area contributed by atoms with E-state index in [1.165, 1.54) is 11.8 Å². The molecule has 1 N–H and O–H groups in total. The number of amides is 1. The molecular formula is C15H23N3O3S. The van der Waals surface area contributed by atoms with Crippen LogP contribution < -0.4 is 5.56 Å². The summed E-state index contributed by atoms with van der Waals surface area (Å²) in [5.41, 5.74) is 1.48. The molecular weight excluding hydrogens is 302 g/mol. The zero-order valence-electron chi connectivity index (χ0n) is 13.3. The molecule has 1 aliphatic rings. The van der Waals surface area contributed by atoms with E-state index in [1.54, 1.807) is 9.47 Å². The van der Waals surface area contributed by atoms with Gasteiger partial charge in [0.1, 0.15) is 0 Å². The Balaban J connectivity index is 2.28. The molecule has 1 aromatic heterocycles. The van der Waals surface area contributed by atoms with E-state index in [0.29, 0.717) is 37.0 Å². The van der Waals surface area contributed by atoms with E-state index in [-0.39, 0.29) is 24.0 Å². The highest BCUT2D eigenvalue weighted by molar-refractivity contribution is 7.99. The number of hydrogen-bond donors (Lipinski definition) is 1. The molecule has 0 bridgehead atoms. The normalized spacial score (nSPS) is 17.2. The fraction of sp³-hybridized carbons (Fsp3) is 0.667. The summed E-state index contributed by atoms with van der Waals surface area (Å²) >= 11 is 1.46. The summed E-state index contributed by atoms with van der Waals surface area (Å²) in [6, 6.07) is 0. The largest absolute Gasteiger partial charge is 0.395 e. The molecule has 1 aromatic rings. The van der Waals surface area contributed by atoms with E-state index in [2.05, 4.69) is 4.98 Å². The summed E-state index contributed by atoms with van der Waals surface area (Å²) in [5.74, 6) is 0.383. The predicted molar refractivity (Wildman–Crippen MR) is 86.2 cm³/mol. The molecule has 1 unspecified atom stereocenters. The molecule has 6 nitrogen and oxygen atoms in total. The summed E-state index contributed by atoms with van der Waals surface area (Å²) in [4.78, 5) is 31.2. The van der Waals surface area contributed by atoms with Crippen molar-refractivity contribution in [3.05, 3.63) is 21.6 Å². The fourth-order valence-electron chi connectivity index (χ4n) is 2.75. The number of aromatic nitrogens is 2. The van der Waals surface area contributed by atoms with E-state index < -0.39 is 0 Å². The number of rotatable bonds is 5. The second kappa shape index (κ2) is 7.28. The van der Waals surface area contributed by atoms with Gasteiger partial charge in [-0.25, -0.2) is 4.98 Å². The maximum atomic E-state index is 12.5. The lowest BCUT2D eigenvalue weighted by Crippen LogP contribution is -2.44. The van der Waals surface area contributed by atoms with Crippen LogP contribution in [0.5, 0.6) is 0 Å². The lowest BCUT2D eigenvalue weighted by Gasteiger charge is -2.29. The van der Waals surface area contributed by atoms with E-state index in [1.807, 2.05) is 20.8 Å². The summed E-state index contributed by atoms with van der Waals surface area (Å²) in [6.07, 6.45) is 0.646. The minimum Gasteiger partial charge on any atom is -0.395 e. The Bertz CT molecular complexity index is 615. The van der Waals surface area contributed by atoms with Crippen molar-refractivity contribution in [2.45, 2.75) is 38.9 Å².